The number of thiophene rings is 1. The molecule has 0 spiro atoms. The summed E-state index contributed by atoms with van der Waals surface area (Å²) < 4.78 is 6.59. The molecular weight excluding hydrogens is 442 g/mol. The molecule has 1 aliphatic rings. The summed E-state index contributed by atoms with van der Waals surface area (Å²) in [5.41, 5.74) is 2.46. The number of anilines is 1. The average molecular weight is 458 g/mol. The normalized spacial score (nSPS) is 15.4. The van der Waals surface area contributed by atoms with E-state index in [4.69, 9.17) is 4.74 Å². The third kappa shape index (κ3) is 3.68. The predicted molar refractivity (Wildman–Crippen MR) is 112 cm³/mol. The molecule has 0 saturated heterocycles. The van der Waals surface area contributed by atoms with Gasteiger partial charge in [-0.3, -0.25) is 4.79 Å². The molecule has 142 valence electrons. The Kier molecular flexibility index (Phi) is 5.19. The lowest BCUT2D eigenvalue weighted by molar-refractivity contribution is -0.121. The van der Waals surface area contributed by atoms with Gasteiger partial charge in [-0.1, -0.05) is 46.3 Å². The van der Waals surface area contributed by atoms with Gasteiger partial charge in [-0.15, -0.1) is 11.3 Å². The molecule has 28 heavy (non-hydrogen) atoms. The second kappa shape index (κ2) is 7.77. The maximum atomic E-state index is 12.8. The number of benzene rings is 2. The van der Waals surface area contributed by atoms with Crippen LogP contribution in [0.5, 0.6) is 5.75 Å². The molecule has 2 N–H and O–H groups in total. The van der Waals surface area contributed by atoms with Crippen LogP contribution < -0.4 is 10.1 Å². The molecule has 2 aromatic carbocycles. The Labute approximate surface area is 174 Å². The summed E-state index contributed by atoms with van der Waals surface area (Å²) in [6.07, 6.45) is 0.565. The number of carboxylic acids is 1. The molecule has 0 fully saturated rings. The van der Waals surface area contributed by atoms with Gasteiger partial charge in [-0.05, 0) is 35.7 Å². The highest BCUT2D eigenvalue weighted by Gasteiger charge is 2.28. The Balaban J connectivity index is 1.57. The molecular formula is C21H16BrNO4S. The minimum Gasteiger partial charge on any atom is -0.492 e. The lowest BCUT2D eigenvalue weighted by Gasteiger charge is -2.24. The Morgan fingerprint density at radius 1 is 1.14 bits per heavy atom. The number of ether oxygens (including phenoxy) is 1. The molecule has 7 heteroatoms. The number of para-hydroxylation sites is 1. The molecule has 0 aliphatic carbocycles. The van der Waals surface area contributed by atoms with E-state index in [0.717, 1.165) is 21.3 Å². The van der Waals surface area contributed by atoms with Gasteiger partial charge in [0, 0.05) is 15.4 Å². The Morgan fingerprint density at radius 2 is 1.89 bits per heavy atom. The van der Waals surface area contributed by atoms with E-state index in [-0.39, 0.29) is 24.0 Å². The van der Waals surface area contributed by atoms with E-state index < -0.39 is 5.97 Å². The minimum absolute atomic E-state index is 0.109. The number of hydrogen-bond donors (Lipinski definition) is 2. The predicted octanol–water partition coefficient (Wildman–Crippen LogP) is 5.07. The van der Waals surface area contributed by atoms with Gasteiger partial charge in [0.1, 0.15) is 22.9 Å². The van der Waals surface area contributed by atoms with E-state index >= 15 is 0 Å². The van der Waals surface area contributed by atoms with Crippen molar-refractivity contribution in [3.63, 3.8) is 0 Å². The number of carboxylic acid groups (broad SMARTS) is 1. The highest BCUT2D eigenvalue weighted by Crippen LogP contribution is 2.37. The number of rotatable bonds is 4. The smallest absolute Gasteiger partial charge is 0.339 e. The maximum absolute atomic E-state index is 12.8. The van der Waals surface area contributed by atoms with E-state index in [1.54, 1.807) is 5.38 Å². The summed E-state index contributed by atoms with van der Waals surface area (Å²) in [5, 5.41) is 14.6. The Bertz CT molecular complexity index is 1040. The lowest BCUT2D eigenvalue weighted by Crippen LogP contribution is -2.32. The van der Waals surface area contributed by atoms with E-state index in [1.165, 1.54) is 11.3 Å². The quantitative estimate of drug-likeness (QED) is 0.573. The SMILES string of the molecule is O=C(O)c1c(-c2ccc(Br)cc2)csc1NC(=O)C1COc2ccccc2C1. The van der Waals surface area contributed by atoms with Crippen LogP contribution in [0.2, 0.25) is 0 Å². The molecule has 1 aromatic heterocycles. The fourth-order valence-electron chi connectivity index (χ4n) is 3.21. The first-order chi connectivity index (χ1) is 13.5. The number of amides is 1. The van der Waals surface area contributed by atoms with Crippen LogP contribution >= 0.6 is 27.3 Å². The fourth-order valence-corrected chi connectivity index (χ4v) is 4.44. The standard InChI is InChI=1S/C21H16BrNO4S/c22-15-7-5-12(6-8-15)16-11-28-20(18(16)21(25)26)23-19(24)14-9-13-3-1-2-4-17(13)27-10-14/h1-8,11,14H,9-10H2,(H,23,24)(H,25,26). The van der Waals surface area contributed by atoms with Crippen LogP contribution in [-0.2, 0) is 11.2 Å². The van der Waals surface area contributed by atoms with Crippen molar-refractivity contribution < 1.29 is 19.4 Å². The summed E-state index contributed by atoms with van der Waals surface area (Å²) in [6, 6.07) is 15.0. The van der Waals surface area contributed by atoms with Crippen molar-refractivity contribution in [3.05, 3.63) is 69.5 Å². The van der Waals surface area contributed by atoms with Crippen molar-refractivity contribution in [2.24, 2.45) is 5.92 Å². The summed E-state index contributed by atoms with van der Waals surface area (Å²) in [4.78, 5) is 24.6. The highest BCUT2D eigenvalue weighted by molar-refractivity contribution is 9.10. The molecule has 1 aliphatic heterocycles. The molecule has 4 rings (SSSR count). The zero-order valence-electron chi connectivity index (χ0n) is 14.6. The monoisotopic (exact) mass is 457 g/mol. The molecule has 0 radical (unpaired) electrons. The van der Waals surface area contributed by atoms with Crippen molar-refractivity contribution in [3.8, 4) is 16.9 Å². The van der Waals surface area contributed by atoms with Crippen LogP contribution in [0.25, 0.3) is 11.1 Å². The largest absolute Gasteiger partial charge is 0.492 e. The minimum atomic E-state index is -1.07. The van der Waals surface area contributed by atoms with Crippen LogP contribution in [0.15, 0.2) is 58.4 Å². The molecule has 2 heterocycles. The van der Waals surface area contributed by atoms with Crippen LogP contribution in [-0.4, -0.2) is 23.6 Å². The molecule has 3 aromatic rings. The molecule has 0 saturated carbocycles. The number of nitrogens with one attached hydrogen (secondary N) is 1. The topological polar surface area (TPSA) is 75.6 Å². The van der Waals surface area contributed by atoms with Gasteiger partial charge in [0.25, 0.3) is 0 Å². The third-order valence-corrected chi connectivity index (χ3v) is 6.07. The van der Waals surface area contributed by atoms with Gasteiger partial charge in [-0.2, -0.15) is 0 Å². The molecule has 1 amide bonds. The van der Waals surface area contributed by atoms with Crippen LogP contribution in [0.4, 0.5) is 5.00 Å². The maximum Gasteiger partial charge on any atom is 0.339 e. The first-order valence-electron chi connectivity index (χ1n) is 8.65. The first kappa shape index (κ1) is 18.7. The van der Waals surface area contributed by atoms with Gasteiger partial charge >= 0.3 is 5.97 Å². The van der Waals surface area contributed by atoms with Gasteiger partial charge in [0.2, 0.25) is 5.91 Å². The van der Waals surface area contributed by atoms with Crippen molar-refractivity contribution in [2.45, 2.75) is 6.42 Å². The average Bonchev–Trinajstić information content (AvgIpc) is 3.12. The van der Waals surface area contributed by atoms with E-state index in [1.807, 2.05) is 48.5 Å². The number of carbonyl (C=O) groups excluding carboxylic acids is 1. The van der Waals surface area contributed by atoms with Crippen molar-refractivity contribution >= 4 is 44.1 Å². The number of carbonyl (C=O) groups is 2. The zero-order valence-corrected chi connectivity index (χ0v) is 17.0. The molecule has 5 nitrogen and oxygen atoms in total. The molecule has 1 unspecified atom stereocenters. The highest BCUT2D eigenvalue weighted by atomic mass is 79.9. The van der Waals surface area contributed by atoms with Gasteiger partial charge in [0.15, 0.2) is 0 Å². The number of fused-ring (bicyclic) bond motifs is 1. The second-order valence-electron chi connectivity index (χ2n) is 6.47. The van der Waals surface area contributed by atoms with Crippen molar-refractivity contribution in [1.82, 2.24) is 0 Å². The van der Waals surface area contributed by atoms with Gasteiger partial charge < -0.3 is 15.2 Å². The number of aromatic carboxylic acids is 1. The van der Waals surface area contributed by atoms with E-state index in [0.29, 0.717) is 17.0 Å². The third-order valence-electron chi connectivity index (χ3n) is 4.65. The van der Waals surface area contributed by atoms with Crippen LogP contribution in [0.3, 0.4) is 0 Å². The molecule has 0 bridgehead atoms. The summed E-state index contributed by atoms with van der Waals surface area (Å²) >= 11 is 4.59. The number of halogens is 1. The Hall–Kier alpha value is -2.64. The van der Waals surface area contributed by atoms with Crippen LogP contribution in [0.1, 0.15) is 15.9 Å². The fraction of sp³-hybridized carbons (Fsp3) is 0.143. The van der Waals surface area contributed by atoms with Crippen molar-refractivity contribution in [1.29, 1.82) is 0 Å². The van der Waals surface area contributed by atoms with E-state index in [2.05, 4.69) is 21.2 Å². The van der Waals surface area contributed by atoms with Crippen LogP contribution in [0, 0.1) is 5.92 Å². The number of hydrogen-bond acceptors (Lipinski definition) is 4. The van der Waals surface area contributed by atoms with Gasteiger partial charge in [0.05, 0.1) is 5.92 Å². The second-order valence-corrected chi connectivity index (χ2v) is 8.27. The van der Waals surface area contributed by atoms with Gasteiger partial charge in [-0.25, -0.2) is 4.79 Å². The first-order valence-corrected chi connectivity index (χ1v) is 10.3. The summed E-state index contributed by atoms with van der Waals surface area (Å²) in [6.45, 7) is 0.274. The zero-order chi connectivity index (χ0) is 19.7. The summed E-state index contributed by atoms with van der Waals surface area (Å²) in [5.74, 6) is -0.873. The lowest BCUT2D eigenvalue weighted by atomic mass is 9.96. The molecule has 1 atom stereocenters. The van der Waals surface area contributed by atoms with Crippen molar-refractivity contribution in [2.75, 3.05) is 11.9 Å². The summed E-state index contributed by atoms with van der Waals surface area (Å²) in [7, 11) is 0. The van der Waals surface area contributed by atoms with E-state index in [9.17, 15) is 14.7 Å². The Morgan fingerprint density at radius 3 is 2.64 bits per heavy atom.